The minimum Gasteiger partial charge on any atom is -0.349 e. The average molecular weight is 422 g/mol. The molecule has 1 saturated heterocycles. The van der Waals surface area contributed by atoms with E-state index in [9.17, 15) is 9.59 Å². The smallest absolute Gasteiger partial charge is 0.251 e. The summed E-state index contributed by atoms with van der Waals surface area (Å²) in [7, 11) is 0. The van der Waals surface area contributed by atoms with Crippen LogP contribution >= 0.6 is 24.0 Å². The highest BCUT2D eigenvalue weighted by Crippen LogP contribution is 2.15. The third-order valence-electron chi connectivity index (χ3n) is 4.72. The molecule has 2 aromatic carbocycles. The van der Waals surface area contributed by atoms with Crippen molar-refractivity contribution in [2.45, 2.75) is 25.4 Å². The number of carbonyl (C=O) groups is 2. The molecule has 1 fully saturated rings. The first-order chi connectivity index (χ1) is 13.1. The van der Waals surface area contributed by atoms with Gasteiger partial charge >= 0.3 is 0 Å². The summed E-state index contributed by atoms with van der Waals surface area (Å²) in [5.74, 6) is -0.437. The molecule has 1 aliphatic rings. The Morgan fingerprint density at radius 3 is 2.25 bits per heavy atom. The molecular formula is C21H25Cl2N3O2. The van der Waals surface area contributed by atoms with Crippen LogP contribution in [-0.4, -0.2) is 41.7 Å². The van der Waals surface area contributed by atoms with Gasteiger partial charge in [-0.3, -0.25) is 14.5 Å². The quantitative estimate of drug-likeness (QED) is 0.699. The van der Waals surface area contributed by atoms with Crippen molar-refractivity contribution in [3.63, 3.8) is 0 Å². The van der Waals surface area contributed by atoms with E-state index < -0.39 is 0 Å². The van der Waals surface area contributed by atoms with Crippen molar-refractivity contribution in [1.29, 1.82) is 0 Å². The van der Waals surface area contributed by atoms with Crippen LogP contribution in [0.1, 0.15) is 28.8 Å². The van der Waals surface area contributed by atoms with Crippen molar-refractivity contribution in [2.75, 3.05) is 24.3 Å². The molecule has 7 heteroatoms. The zero-order valence-electron chi connectivity index (χ0n) is 15.6. The van der Waals surface area contributed by atoms with Crippen molar-refractivity contribution >= 4 is 41.5 Å². The van der Waals surface area contributed by atoms with E-state index in [4.69, 9.17) is 11.6 Å². The first-order valence-electron chi connectivity index (χ1n) is 9.17. The number of benzene rings is 2. The fourth-order valence-corrected chi connectivity index (χ4v) is 3.31. The summed E-state index contributed by atoms with van der Waals surface area (Å²) in [6, 6.07) is 17.5. The highest BCUT2D eigenvalue weighted by atomic mass is 35.5. The Morgan fingerprint density at radius 2 is 1.64 bits per heavy atom. The van der Waals surface area contributed by atoms with Crippen LogP contribution in [0.5, 0.6) is 0 Å². The lowest BCUT2D eigenvalue weighted by Crippen LogP contribution is -2.44. The van der Waals surface area contributed by atoms with Gasteiger partial charge in [0.05, 0.1) is 0 Å². The molecule has 5 nitrogen and oxygen atoms in total. The predicted octanol–water partition coefficient (Wildman–Crippen LogP) is 3.68. The lowest BCUT2D eigenvalue weighted by Gasteiger charge is -2.32. The molecule has 2 amide bonds. The number of hydrogen-bond acceptors (Lipinski definition) is 3. The maximum absolute atomic E-state index is 12.4. The minimum atomic E-state index is -0.267. The van der Waals surface area contributed by atoms with Crippen LogP contribution in [0.25, 0.3) is 0 Å². The topological polar surface area (TPSA) is 61.4 Å². The number of piperidine rings is 1. The second-order valence-electron chi connectivity index (χ2n) is 6.77. The lowest BCUT2D eigenvalue weighted by molar-refractivity contribution is -0.113. The number of nitrogens with one attached hydrogen (secondary N) is 2. The fourth-order valence-electron chi connectivity index (χ4n) is 3.25. The first kappa shape index (κ1) is 22.2. The van der Waals surface area contributed by atoms with Gasteiger partial charge in [-0.1, -0.05) is 30.3 Å². The van der Waals surface area contributed by atoms with Gasteiger partial charge in [0.25, 0.3) is 5.91 Å². The molecule has 1 heterocycles. The largest absolute Gasteiger partial charge is 0.349 e. The molecular weight excluding hydrogens is 397 g/mol. The minimum absolute atomic E-state index is 0. The van der Waals surface area contributed by atoms with E-state index in [0.717, 1.165) is 32.5 Å². The lowest BCUT2D eigenvalue weighted by atomic mass is 10.0. The van der Waals surface area contributed by atoms with Crippen LogP contribution in [0.15, 0.2) is 54.6 Å². The average Bonchev–Trinajstić information content (AvgIpc) is 2.70. The number of anilines is 1. The van der Waals surface area contributed by atoms with E-state index in [1.165, 1.54) is 5.56 Å². The number of rotatable bonds is 6. The Hall–Kier alpha value is -2.08. The van der Waals surface area contributed by atoms with Gasteiger partial charge in [0.1, 0.15) is 5.88 Å². The van der Waals surface area contributed by atoms with E-state index in [-0.39, 0.29) is 36.1 Å². The Bertz CT molecular complexity index is 761. The van der Waals surface area contributed by atoms with Crippen LogP contribution in [0.2, 0.25) is 0 Å². The number of amides is 2. The summed E-state index contributed by atoms with van der Waals surface area (Å²) in [4.78, 5) is 26.1. The monoisotopic (exact) mass is 421 g/mol. The molecule has 0 saturated carbocycles. The Kier molecular flexibility index (Phi) is 8.77. The zero-order valence-corrected chi connectivity index (χ0v) is 17.1. The normalized spacial score (nSPS) is 14.8. The van der Waals surface area contributed by atoms with Gasteiger partial charge in [0, 0.05) is 36.9 Å². The molecule has 2 N–H and O–H groups in total. The standard InChI is InChI=1S/C21H24ClN3O2.ClH/c22-14-20(26)23-18-8-6-17(7-9-18)21(27)24-19-10-12-25(13-11-19)15-16-4-2-1-3-5-16;/h1-9,19H,10-15H2,(H,23,26)(H,24,27);1H. The van der Waals surface area contributed by atoms with Crippen LogP contribution in [-0.2, 0) is 11.3 Å². The second kappa shape index (κ2) is 11.1. The summed E-state index contributed by atoms with van der Waals surface area (Å²) in [6.07, 6.45) is 1.89. The van der Waals surface area contributed by atoms with E-state index in [2.05, 4.69) is 39.8 Å². The highest BCUT2D eigenvalue weighted by Gasteiger charge is 2.21. The van der Waals surface area contributed by atoms with Gasteiger partial charge < -0.3 is 10.6 Å². The van der Waals surface area contributed by atoms with E-state index in [1.54, 1.807) is 24.3 Å². The molecule has 3 rings (SSSR count). The number of alkyl halides is 1. The molecule has 0 atom stereocenters. The number of likely N-dealkylation sites (tertiary alicyclic amines) is 1. The highest BCUT2D eigenvalue weighted by molar-refractivity contribution is 6.29. The van der Waals surface area contributed by atoms with Gasteiger partial charge in [0.15, 0.2) is 0 Å². The maximum atomic E-state index is 12.4. The third-order valence-corrected chi connectivity index (χ3v) is 4.97. The van der Waals surface area contributed by atoms with Crippen LogP contribution in [0, 0.1) is 0 Å². The molecule has 0 spiro atoms. The van der Waals surface area contributed by atoms with Gasteiger partial charge in [-0.25, -0.2) is 0 Å². The van der Waals surface area contributed by atoms with Crippen molar-refractivity contribution in [3.8, 4) is 0 Å². The number of hydrogen-bond donors (Lipinski definition) is 2. The molecule has 0 aliphatic carbocycles. The van der Waals surface area contributed by atoms with E-state index >= 15 is 0 Å². The van der Waals surface area contributed by atoms with E-state index in [1.807, 2.05) is 6.07 Å². The van der Waals surface area contributed by atoms with Crippen LogP contribution in [0.3, 0.4) is 0 Å². The van der Waals surface area contributed by atoms with Crippen molar-refractivity contribution in [2.24, 2.45) is 0 Å². The summed E-state index contributed by atoms with van der Waals surface area (Å²) in [5, 5.41) is 5.77. The van der Waals surface area contributed by atoms with Gasteiger partial charge in [-0.2, -0.15) is 0 Å². The second-order valence-corrected chi connectivity index (χ2v) is 7.04. The predicted molar refractivity (Wildman–Crippen MR) is 115 cm³/mol. The Labute approximate surface area is 176 Å². The maximum Gasteiger partial charge on any atom is 0.251 e. The third kappa shape index (κ3) is 6.51. The molecule has 0 aromatic heterocycles. The fraction of sp³-hybridized carbons (Fsp3) is 0.333. The number of carbonyl (C=O) groups excluding carboxylic acids is 2. The molecule has 0 unspecified atom stereocenters. The first-order valence-corrected chi connectivity index (χ1v) is 9.70. The molecule has 1 aliphatic heterocycles. The van der Waals surface area contributed by atoms with Crippen LogP contribution in [0.4, 0.5) is 5.69 Å². The number of nitrogens with zero attached hydrogens (tertiary/aromatic N) is 1. The van der Waals surface area contributed by atoms with Gasteiger partial charge in [0.2, 0.25) is 5.91 Å². The zero-order chi connectivity index (χ0) is 19.1. The van der Waals surface area contributed by atoms with Crippen LogP contribution < -0.4 is 10.6 Å². The van der Waals surface area contributed by atoms with Crippen molar-refractivity contribution in [1.82, 2.24) is 10.2 Å². The van der Waals surface area contributed by atoms with Gasteiger partial charge in [-0.05, 0) is 42.7 Å². The molecule has 150 valence electrons. The molecule has 2 aromatic rings. The molecule has 0 radical (unpaired) electrons. The summed E-state index contributed by atoms with van der Waals surface area (Å²) < 4.78 is 0. The summed E-state index contributed by atoms with van der Waals surface area (Å²) in [5.41, 5.74) is 2.54. The summed E-state index contributed by atoms with van der Waals surface area (Å²) >= 11 is 5.47. The Balaban J connectivity index is 0.00000280. The summed E-state index contributed by atoms with van der Waals surface area (Å²) in [6.45, 7) is 2.91. The van der Waals surface area contributed by atoms with E-state index in [0.29, 0.717) is 11.3 Å². The molecule has 28 heavy (non-hydrogen) atoms. The Morgan fingerprint density at radius 1 is 1.00 bits per heavy atom. The van der Waals surface area contributed by atoms with Crippen molar-refractivity contribution in [3.05, 3.63) is 65.7 Å². The SMILES string of the molecule is Cl.O=C(CCl)Nc1ccc(C(=O)NC2CCN(Cc3ccccc3)CC2)cc1. The van der Waals surface area contributed by atoms with Gasteiger partial charge in [-0.15, -0.1) is 24.0 Å². The number of halogens is 2. The molecule has 0 bridgehead atoms. The van der Waals surface area contributed by atoms with Crippen molar-refractivity contribution < 1.29 is 9.59 Å².